The first-order chi connectivity index (χ1) is 13.3. The van der Waals surface area contributed by atoms with Gasteiger partial charge in [0.05, 0.1) is 24.4 Å². The summed E-state index contributed by atoms with van der Waals surface area (Å²) in [5.74, 6) is 0.719. The lowest BCUT2D eigenvalue weighted by Crippen LogP contribution is -2.05. The van der Waals surface area contributed by atoms with Crippen LogP contribution in [0.3, 0.4) is 0 Å². The van der Waals surface area contributed by atoms with Gasteiger partial charge in [-0.3, -0.25) is 4.68 Å². The Balaban J connectivity index is 1.46. The molecule has 0 bridgehead atoms. The van der Waals surface area contributed by atoms with Crippen molar-refractivity contribution < 1.29 is 9.63 Å². The van der Waals surface area contributed by atoms with Crippen LogP contribution in [0.1, 0.15) is 37.3 Å². The maximum Gasteiger partial charge on any atom is 0.167 e. The summed E-state index contributed by atoms with van der Waals surface area (Å²) in [5, 5.41) is 19.2. The lowest BCUT2D eigenvalue weighted by molar-refractivity contribution is 0.282. The van der Waals surface area contributed by atoms with E-state index < -0.39 is 0 Å². The van der Waals surface area contributed by atoms with Gasteiger partial charge in [-0.2, -0.15) is 5.10 Å². The number of aliphatic hydroxyl groups excluding tert-OH is 1. The molecular formula is C22H21N3O2. The number of nitrogens with zero attached hydrogens (tertiary/aromatic N) is 3. The smallest absolute Gasteiger partial charge is 0.167 e. The second-order valence-corrected chi connectivity index (χ2v) is 7.23. The first-order valence-corrected chi connectivity index (χ1v) is 9.46. The average molecular weight is 359 g/mol. The molecule has 1 fully saturated rings. The molecule has 0 radical (unpaired) electrons. The number of rotatable bonds is 4. The molecule has 2 aromatic carbocycles. The maximum absolute atomic E-state index is 9.17. The molecule has 1 saturated carbocycles. The molecule has 1 aliphatic rings. The predicted molar refractivity (Wildman–Crippen MR) is 104 cm³/mol. The van der Waals surface area contributed by atoms with Crippen LogP contribution in [-0.2, 0) is 6.61 Å². The van der Waals surface area contributed by atoms with Crippen molar-refractivity contribution in [3.63, 3.8) is 0 Å². The van der Waals surface area contributed by atoms with E-state index in [0.717, 1.165) is 33.5 Å². The fourth-order valence-corrected chi connectivity index (χ4v) is 3.97. The SMILES string of the molecule is OCc1ccc(-c2cc(-c3ccc4c(cnn4C4CCCC4)c3)no2)cc1. The lowest BCUT2D eigenvalue weighted by atomic mass is 10.1. The quantitative estimate of drug-likeness (QED) is 0.559. The maximum atomic E-state index is 9.17. The summed E-state index contributed by atoms with van der Waals surface area (Å²) >= 11 is 0. The van der Waals surface area contributed by atoms with Crippen LogP contribution in [0, 0.1) is 0 Å². The van der Waals surface area contributed by atoms with Crippen molar-refractivity contribution in [1.29, 1.82) is 0 Å². The lowest BCUT2D eigenvalue weighted by Gasteiger charge is -2.11. The Bertz CT molecular complexity index is 1070. The zero-order valence-electron chi connectivity index (χ0n) is 15.0. The van der Waals surface area contributed by atoms with Crippen molar-refractivity contribution in [3.05, 3.63) is 60.3 Å². The van der Waals surface area contributed by atoms with Crippen molar-refractivity contribution in [3.8, 4) is 22.6 Å². The van der Waals surface area contributed by atoms with Crippen LogP contribution in [0.2, 0.25) is 0 Å². The zero-order chi connectivity index (χ0) is 18.2. The number of hydrogen-bond acceptors (Lipinski definition) is 4. The summed E-state index contributed by atoms with van der Waals surface area (Å²) in [6.07, 6.45) is 6.99. The van der Waals surface area contributed by atoms with Gasteiger partial charge in [-0.25, -0.2) is 0 Å². The number of fused-ring (bicyclic) bond motifs is 1. The van der Waals surface area contributed by atoms with Crippen molar-refractivity contribution in [2.45, 2.75) is 38.3 Å². The van der Waals surface area contributed by atoms with E-state index in [4.69, 9.17) is 9.63 Å². The minimum Gasteiger partial charge on any atom is -0.392 e. The average Bonchev–Trinajstić information content (AvgIpc) is 3.47. The van der Waals surface area contributed by atoms with Crippen molar-refractivity contribution in [1.82, 2.24) is 14.9 Å². The molecule has 0 unspecified atom stereocenters. The number of hydrogen-bond donors (Lipinski definition) is 1. The molecule has 1 aliphatic carbocycles. The third-order valence-electron chi connectivity index (χ3n) is 5.49. The molecule has 4 aromatic rings. The van der Waals surface area contributed by atoms with Crippen LogP contribution < -0.4 is 0 Å². The van der Waals surface area contributed by atoms with E-state index >= 15 is 0 Å². The van der Waals surface area contributed by atoms with Gasteiger partial charge in [0, 0.05) is 22.6 Å². The van der Waals surface area contributed by atoms with Crippen LogP contribution in [0.5, 0.6) is 0 Å². The van der Waals surface area contributed by atoms with E-state index in [-0.39, 0.29) is 6.61 Å². The first-order valence-electron chi connectivity index (χ1n) is 9.46. The predicted octanol–water partition coefficient (Wildman–Crippen LogP) is 4.97. The molecule has 1 N–H and O–H groups in total. The summed E-state index contributed by atoms with van der Waals surface area (Å²) in [5.41, 5.74) is 4.85. The van der Waals surface area contributed by atoms with Crippen LogP contribution >= 0.6 is 0 Å². The van der Waals surface area contributed by atoms with Crippen molar-refractivity contribution in [2.24, 2.45) is 0 Å². The molecule has 5 rings (SSSR count). The highest BCUT2D eigenvalue weighted by Crippen LogP contribution is 2.33. The van der Waals surface area contributed by atoms with Gasteiger partial charge in [0.15, 0.2) is 5.76 Å². The minimum atomic E-state index is 0.0382. The Morgan fingerprint density at radius 3 is 2.56 bits per heavy atom. The number of benzene rings is 2. The molecule has 2 aromatic heterocycles. The summed E-state index contributed by atoms with van der Waals surface area (Å²) in [6, 6.07) is 16.5. The van der Waals surface area contributed by atoms with E-state index in [2.05, 4.69) is 33.1 Å². The molecule has 0 saturated heterocycles. The monoisotopic (exact) mass is 359 g/mol. The summed E-state index contributed by atoms with van der Waals surface area (Å²) in [6.45, 7) is 0.0382. The van der Waals surface area contributed by atoms with Crippen LogP contribution in [0.25, 0.3) is 33.5 Å². The van der Waals surface area contributed by atoms with Gasteiger partial charge >= 0.3 is 0 Å². The fraction of sp³-hybridized carbons (Fsp3) is 0.273. The highest BCUT2D eigenvalue weighted by atomic mass is 16.5. The van der Waals surface area contributed by atoms with Gasteiger partial charge in [0.1, 0.15) is 5.69 Å². The van der Waals surface area contributed by atoms with Crippen molar-refractivity contribution >= 4 is 10.9 Å². The van der Waals surface area contributed by atoms with Gasteiger partial charge in [-0.1, -0.05) is 48.3 Å². The van der Waals surface area contributed by atoms with Gasteiger partial charge in [0.25, 0.3) is 0 Å². The van der Waals surface area contributed by atoms with Crippen molar-refractivity contribution in [2.75, 3.05) is 0 Å². The third-order valence-corrected chi connectivity index (χ3v) is 5.49. The summed E-state index contributed by atoms with van der Waals surface area (Å²) < 4.78 is 7.73. The number of aliphatic hydroxyl groups is 1. The molecular weight excluding hydrogens is 338 g/mol. The Morgan fingerprint density at radius 1 is 1.00 bits per heavy atom. The molecule has 0 atom stereocenters. The molecule has 0 spiro atoms. The zero-order valence-corrected chi connectivity index (χ0v) is 15.0. The van der Waals surface area contributed by atoms with Crippen LogP contribution in [0.15, 0.2) is 59.3 Å². The molecule has 0 aliphatic heterocycles. The van der Waals surface area contributed by atoms with Gasteiger partial charge in [0.2, 0.25) is 0 Å². The molecule has 0 amide bonds. The third kappa shape index (κ3) is 2.94. The topological polar surface area (TPSA) is 64.1 Å². The Morgan fingerprint density at radius 2 is 1.78 bits per heavy atom. The summed E-state index contributed by atoms with van der Waals surface area (Å²) in [4.78, 5) is 0. The van der Waals surface area contributed by atoms with Gasteiger partial charge in [-0.15, -0.1) is 0 Å². The van der Waals surface area contributed by atoms with E-state index in [1.807, 2.05) is 36.5 Å². The van der Waals surface area contributed by atoms with E-state index in [9.17, 15) is 0 Å². The van der Waals surface area contributed by atoms with Crippen LogP contribution in [0.4, 0.5) is 0 Å². The highest BCUT2D eigenvalue weighted by molar-refractivity contribution is 5.84. The Kier molecular flexibility index (Phi) is 4.02. The Hall–Kier alpha value is -2.92. The summed E-state index contributed by atoms with van der Waals surface area (Å²) in [7, 11) is 0. The van der Waals surface area contributed by atoms with Crippen LogP contribution in [-0.4, -0.2) is 20.0 Å². The molecule has 27 heavy (non-hydrogen) atoms. The molecule has 5 nitrogen and oxygen atoms in total. The molecule has 5 heteroatoms. The standard InChI is InChI=1S/C22H21N3O2/c26-14-15-5-7-16(8-6-15)22-12-20(24-27-22)17-9-10-21-18(11-17)13-23-25(21)19-3-1-2-4-19/h5-13,19,26H,1-4,14H2. The van der Waals surface area contributed by atoms with Gasteiger partial charge in [-0.05, 0) is 30.5 Å². The molecule has 2 heterocycles. The fourth-order valence-electron chi connectivity index (χ4n) is 3.97. The van der Waals surface area contributed by atoms with E-state index in [1.165, 1.54) is 31.2 Å². The van der Waals surface area contributed by atoms with Gasteiger partial charge < -0.3 is 9.63 Å². The first kappa shape index (κ1) is 16.3. The highest BCUT2D eigenvalue weighted by Gasteiger charge is 2.19. The van der Waals surface area contributed by atoms with E-state index in [1.54, 1.807) is 0 Å². The van der Waals surface area contributed by atoms with E-state index in [0.29, 0.717) is 6.04 Å². The number of aromatic nitrogens is 3. The largest absolute Gasteiger partial charge is 0.392 e. The normalized spacial score (nSPS) is 15.0. The minimum absolute atomic E-state index is 0.0382. The Labute approximate surface area is 157 Å². The second kappa shape index (κ2) is 6.67. The molecule has 136 valence electrons. The second-order valence-electron chi connectivity index (χ2n) is 7.23.